The average Bonchev–Trinajstić information content (AvgIpc) is 2.43. The minimum atomic E-state index is -0.194. The third-order valence-electron chi connectivity index (χ3n) is 2.85. The molecular weight excluding hydrogens is 269 g/mol. The van der Waals surface area contributed by atoms with E-state index >= 15 is 0 Å². The van der Waals surface area contributed by atoms with E-state index in [0.29, 0.717) is 5.92 Å². The van der Waals surface area contributed by atoms with Crippen LogP contribution in [0.3, 0.4) is 0 Å². The Kier molecular flexibility index (Phi) is 5.62. The van der Waals surface area contributed by atoms with Crippen LogP contribution >= 0.6 is 11.8 Å². The lowest BCUT2D eigenvalue weighted by Crippen LogP contribution is -2.18. The van der Waals surface area contributed by atoms with Crippen molar-refractivity contribution in [2.24, 2.45) is 5.92 Å². The van der Waals surface area contributed by atoms with Gasteiger partial charge in [0.05, 0.1) is 0 Å². The Morgan fingerprint density at radius 1 is 0.950 bits per heavy atom. The van der Waals surface area contributed by atoms with Gasteiger partial charge in [-0.05, 0) is 54.4 Å². The van der Waals surface area contributed by atoms with Crippen molar-refractivity contribution in [1.82, 2.24) is 5.32 Å². The zero-order valence-electron chi connectivity index (χ0n) is 11.9. The molecule has 20 heavy (non-hydrogen) atoms. The lowest BCUT2D eigenvalue weighted by atomic mass is 10.2. The molecule has 3 heteroatoms. The first-order valence-electron chi connectivity index (χ1n) is 6.86. The third kappa shape index (κ3) is 4.99. The van der Waals surface area contributed by atoms with Crippen molar-refractivity contribution in [3.8, 4) is 0 Å². The second kappa shape index (κ2) is 7.46. The van der Waals surface area contributed by atoms with Crippen LogP contribution in [0.2, 0.25) is 0 Å². The van der Waals surface area contributed by atoms with Crippen molar-refractivity contribution in [2.45, 2.75) is 30.2 Å². The molecule has 0 spiro atoms. The van der Waals surface area contributed by atoms with Gasteiger partial charge in [-0.2, -0.15) is 0 Å². The highest BCUT2D eigenvalue weighted by molar-refractivity contribution is 7.99. The molecule has 0 saturated carbocycles. The minimum Gasteiger partial charge on any atom is -0.312 e. The highest BCUT2D eigenvalue weighted by Crippen LogP contribution is 2.27. The van der Waals surface area contributed by atoms with E-state index in [9.17, 15) is 4.39 Å². The lowest BCUT2D eigenvalue weighted by Gasteiger charge is -2.08. The van der Waals surface area contributed by atoms with Crippen molar-refractivity contribution in [1.29, 1.82) is 0 Å². The van der Waals surface area contributed by atoms with Gasteiger partial charge in [-0.3, -0.25) is 0 Å². The molecule has 1 nitrogen and oxygen atoms in total. The first-order valence-corrected chi connectivity index (χ1v) is 7.68. The molecule has 0 unspecified atom stereocenters. The van der Waals surface area contributed by atoms with Gasteiger partial charge >= 0.3 is 0 Å². The second-order valence-electron chi connectivity index (χ2n) is 5.22. The van der Waals surface area contributed by atoms with Crippen LogP contribution in [-0.2, 0) is 6.54 Å². The quantitative estimate of drug-likeness (QED) is 0.825. The summed E-state index contributed by atoms with van der Waals surface area (Å²) in [6.45, 7) is 6.34. The fourth-order valence-corrected chi connectivity index (χ4v) is 2.64. The van der Waals surface area contributed by atoms with Gasteiger partial charge in [-0.25, -0.2) is 4.39 Å². The Labute approximate surface area is 124 Å². The van der Waals surface area contributed by atoms with Crippen LogP contribution in [0.4, 0.5) is 4.39 Å². The molecule has 1 N–H and O–H groups in total. The van der Waals surface area contributed by atoms with Crippen LogP contribution in [0, 0.1) is 11.7 Å². The number of hydrogen-bond donors (Lipinski definition) is 1. The summed E-state index contributed by atoms with van der Waals surface area (Å²) in [5.74, 6) is 0.476. The summed E-state index contributed by atoms with van der Waals surface area (Å²) in [5.41, 5.74) is 1.29. The highest BCUT2D eigenvalue weighted by atomic mass is 32.2. The van der Waals surface area contributed by atoms with Crippen LogP contribution in [0.1, 0.15) is 19.4 Å². The first kappa shape index (κ1) is 15.1. The summed E-state index contributed by atoms with van der Waals surface area (Å²) in [7, 11) is 0. The molecule has 106 valence electrons. The van der Waals surface area contributed by atoms with E-state index in [0.717, 1.165) is 18.0 Å². The minimum absolute atomic E-state index is 0.194. The summed E-state index contributed by atoms with van der Waals surface area (Å²) in [4.78, 5) is 2.22. The van der Waals surface area contributed by atoms with Crippen molar-refractivity contribution < 1.29 is 4.39 Å². The molecule has 0 heterocycles. The van der Waals surface area contributed by atoms with Crippen LogP contribution in [0.15, 0.2) is 58.3 Å². The van der Waals surface area contributed by atoms with Gasteiger partial charge in [-0.1, -0.05) is 37.7 Å². The maximum absolute atomic E-state index is 12.8. The van der Waals surface area contributed by atoms with Gasteiger partial charge in [-0.15, -0.1) is 0 Å². The van der Waals surface area contributed by atoms with E-state index in [2.05, 4.69) is 43.4 Å². The molecule has 0 radical (unpaired) electrons. The van der Waals surface area contributed by atoms with Gasteiger partial charge in [0, 0.05) is 16.3 Å². The Hall–Kier alpha value is -1.32. The van der Waals surface area contributed by atoms with E-state index in [4.69, 9.17) is 0 Å². The number of halogens is 1. The van der Waals surface area contributed by atoms with Gasteiger partial charge in [0.25, 0.3) is 0 Å². The fraction of sp³-hybridized carbons (Fsp3) is 0.294. The van der Waals surface area contributed by atoms with E-state index in [1.54, 1.807) is 23.9 Å². The Bertz CT molecular complexity index is 520. The molecular formula is C17H20FNS. The molecule has 0 fully saturated rings. The number of nitrogens with one attached hydrogen (secondary N) is 1. The smallest absolute Gasteiger partial charge is 0.123 e. The summed E-state index contributed by atoms with van der Waals surface area (Å²) < 4.78 is 12.8. The molecule has 0 aliphatic rings. The highest BCUT2D eigenvalue weighted by Gasteiger charge is 1.99. The number of hydrogen-bond acceptors (Lipinski definition) is 2. The molecule has 0 saturated heterocycles. The summed E-state index contributed by atoms with van der Waals surface area (Å²) >= 11 is 1.65. The Balaban J connectivity index is 1.89. The Morgan fingerprint density at radius 3 is 2.05 bits per heavy atom. The van der Waals surface area contributed by atoms with Gasteiger partial charge in [0.1, 0.15) is 5.82 Å². The zero-order valence-corrected chi connectivity index (χ0v) is 12.7. The van der Waals surface area contributed by atoms with E-state index in [-0.39, 0.29) is 5.82 Å². The molecule has 0 atom stereocenters. The summed E-state index contributed by atoms with van der Waals surface area (Å²) in [5, 5.41) is 3.43. The Morgan fingerprint density at radius 2 is 1.50 bits per heavy atom. The maximum Gasteiger partial charge on any atom is 0.123 e. The topological polar surface area (TPSA) is 12.0 Å². The molecule has 2 aromatic rings. The van der Waals surface area contributed by atoms with Gasteiger partial charge < -0.3 is 5.32 Å². The van der Waals surface area contributed by atoms with Crippen molar-refractivity contribution in [3.63, 3.8) is 0 Å². The van der Waals surface area contributed by atoms with Crippen LogP contribution in [0.25, 0.3) is 0 Å². The number of benzene rings is 2. The summed E-state index contributed by atoms with van der Waals surface area (Å²) in [6, 6.07) is 15.1. The van der Waals surface area contributed by atoms with E-state index in [1.165, 1.54) is 22.6 Å². The molecule has 0 bridgehead atoms. The summed E-state index contributed by atoms with van der Waals surface area (Å²) in [6.07, 6.45) is 0. The van der Waals surface area contributed by atoms with Crippen LogP contribution in [0.5, 0.6) is 0 Å². The third-order valence-corrected chi connectivity index (χ3v) is 3.87. The normalized spacial score (nSPS) is 11.0. The monoisotopic (exact) mass is 289 g/mol. The predicted molar refractivity (Wildman–Crippen MR) is 83.5 cm³/mol. The van der Waals surface area contributed by atoms with E-state index < -0.39 is 0 Å². The zero-order chi connectivity index (χ0) is 14.4. The average molecular weight is 289 g/mol. The molecule has 0 aromatic heterocycles. The van der Waals surface area contributed by atoms with Crippen molar-refractivity contribution >= 4 is 11.8 Å². The predicted octanol–water partition coefficient (Wildman–Crippen LogP) is 4.72. The largest absolute Gasteiger partial charge is 0.312 e. The van der Waals surface area contributed by atoms with Crippen molar-refractivity contribution in [2.75, 3.05) is 6.54 Å². The number of rotatable bonds is 6. The van der Waals surface area contributed by atoms with E-state index in [1.807, 2.05) is 0 Å². The molecule has 0 aliphatic carbocycles. The molecule has 0 amide bonds. The second-order valence-corrected chi connectivity index (χ2v) is 6.37. The van der Waals surface area contributed by atoms with Gasteiger partial charge in [0.2, 0.25) is 0 Å². The SMILES string of the molecule is CC(C)CNCc1ccc(Sc2ccc(F)cc2)cc1. The molecule has 2 aromatic carbocycles. The molecule has 0 aliphatic heterocycles. The molecule has 2 rings (SSSR count). The maximum atomic E-state index is 12.8. The van der Waals surface area contributed by atoms with Crippen LogP contribution in [-0.4, -0.2) is 6.54 Å². The lowest BCUT2D eigenvalue weighted by molar-refractivity contribution is 0.552. The fourth-order valence-electron chi connectivity index (χ4n) is 1.82. The standard InChI is InChI=1S/C17H20FNS/c1-13(2)11-19-12-14-3-7-16(8-4-14)20-17-9-5-15(18)6-10-17/h3-10,13,19H,11-12H2,1-2H3. The van der Waals surface area contributed by atoms with Gasteiger partial charge in [0.15, 0.2) is 0 Å². The first-order chi connectivity index (χ1) is 9.63. The van der Waals surface area contributed by atoms with Crippen molar-refractivity contribution in [3.05, 3.63) is 59.9 Å². The van der Waals surface area contributed by atoms with Crippen LogP contribution < -0.4 is 5.32 Å².